The van der Waals surface area contributed by atoms with E-state index in [1.165, 1.54) is 0 Å². The van der Waals surface area contributed by atoms with E-state index in [2.05, 4.69) is 4.98 Å². The minimum absolute atomic E-state index is 0.0687. The van der Waals surface area contributed by atoms with Gasteiger partial charge < -0.3 is 10.6 Å². The second kappa shape index (κ2) is 5.43. The topological polar surface area (TPSA) is 59.2 Å². The maximum atomic E-state index is 12.3. The Kier molecular flexibility index (Phi) is 3.48. The lowest BCUT2D eigenvalue weighted by atomic mass is 10.0. The fourth-order valence-corrected chi connectivity index (χ4v) is 2.50. The van der Waals surface area contributed by atoms with Gasteiger partial charge in [0.2, 0.25) is 0 Å². The van der Waals surface area contributed by atoms with Crippen molar-refractivity contribution in [2.75, 3.05) is 13.1 Å². The van der Waals surface area contributed by atoms with E-state index < -0.39 is 0 Å². The molecule has 4 heteroatoms. The Morgan fingerprint density at radius 3 is 2.35 bits per heavy atom. The summed E-state index contributed by atoms with van der Waals surface area (Å²) < 4.78 is 0. The Balaban J connectivity index is 1.78. The Labute approximate surface area is 118 Å². The van der Waals surface area contributed by atoms with Gasteiger partial charge in [0, 0.05) is 37.1 Å². The Bertz CT molecular complexity index is 595. The number of carbonyl (C=O) groups is 1. The van der Waals surface area contributed by atoms with Crippen molar-refractivity contribution in [3.05, 3.63) is 54.4 Å². The summed E-state index contributed by atoms with van der Waals surface area (Å²) in [5.41, 5.74) is 8.75. The summed E-state index contributed by atoms with van der Waals surface area (Å²) in [6, 6.07) is 11.7. The Morgan fingerprint density at radius 2 is 1.75 bits per heavy atom. The van der Waals surface area contributed by atoms with Crippen LogP contribution in [0.5, 0.6) is 0 Å². The van der Waals surface area contributed by atoms with Crippen LogP contribution >= 0.6 is 0 Å². The maximum Gasteiger partial charge on any atom is 0.253 e. The first-order valence-electron chi connectivity index (χ1n) is 6.79. The molecule has 1 atom stereocenters. The molecular weight excluding hydrogens is 250 g/mol. The molecule has 1 aromatic heterocycles. The molecule has 20 heavy (non-hydrogen) atoms. The van der Waals surface area contributed by atoms with Crippen molar-refractivity contribution >= 4 is 5.91 Å². The molecule has 1 aromatic carbocycles. The van der Waals surface area contributed by atoms with Gasteiger partial charge in [0.05, 0.1) is 0 Å². The molecule has 4 nitrogen and oxygen atoms in total. The maximum absolute atomic E-state index is 12.3. The van der Waals surface area contributed by atoms with E-state index >= 15 is 0 Å². The quantitative estimate of drug-likeness (QED) is 0.904. The summed E-state index contributed by atoms with van der Waals surface area (Å²) >= 11 is 0. The normalized spacial score (nSPS) is 18.2. The number of pyridine rings is 1. The third kappa shape index (κ3) is 2.56. The van der Waals surface area contributed by atoms with Crippen molar-refractivity contribution in [1.82, 2.24) is 9.88 Å². The lowest BCUT2D eigenvalue weighted by Gasteiger charge is -2.15. The van der Waals surface area contributed by atoms with Crippen LogP contribution in [0.25, 0.3) is 11.1 Å². The van der Waals surface area contributed by atoms with E-state index in [0.29, 0.717) is 6.54 Å². The van der Waals surface area contributed by atoms with Gasteiger partial charge >= 0.3 is 0 Å². The number of nitrogens with zero attached hydrogens (tertiary/aromatic N) is 2. The number of likely N-dealkylation sites (tertiary alicyclic amines) is 1. The van der Waals surface area contributed by atoms with E-state index in [1.54, 1.807) is 12.4 Å². The largest absolute Gasteiger partial charge is 0.337 e. The van der Waals surface area contributed by atoms with Crippen molar-refractivity contribution in [3.63, 3.8) is 0 Å². The van der Waals surface area contributed by atoms with Crippen LogP contribution in [0.1, 0.15) is 16.8 Å². The van der Waals surface area contributed by atoms with Crippen LogP contribution in [0.4, 0.5) is 0 Å². The second-order valence-electron chi connectivity index (χ2n) is 5.11. The van der Waals surface area contributed by atoms with Gasteiger partial charge in [-0.1, -0.05) is 12.1 Å². The van der Waals surface area contributed by atoms with E-state index in [0.717, 1.165) is 29.7 Å². The van der Waals surface area contributed by atoms with Gasteiger partial charge in [-0.05, 0) is 41.8 Å². The molecule has 1 saturated heterocycles. The summed E-state index contributed by atoms with van der Waals surface area (Å²) in [4.78, 5) is 18.1. The third-order valence-electron chi connectivity index (χ3n) is 3.66. The molecule has 2 heterocycles. The fraction of sp³-hybridized carbons (Fsp3) is 0.250. The zero-order valence-corrected chi connectivity index (χ0v) is 11.2. The van der Waals surface area contributed by atoms with Gasteiger partial charge in [0.15, 0.2) is 0 Å². The highest BCUT2D eigenvalue weighted by Gasteiger charge is 2.24. The molecule has 2 N–H and O–H groups in total. The lowest BCUT2D eigenvalue weighted by molar-refractivity contribution is 0.0791. The smallest absolute Gasteiger partial charge is 0.253 e. The van der Waals surface area contributed by atoms with Crippen molar-refractivity contribution in [3.8, 4) is 11.1 Å². The fourth-order valence-electron chi connectivity index (χ4n) is 2.50. The van der Waals surface area contributed by atoms with E-state index in [-0.39, 0.29) is 11.9 Å². The molecular formula is C16H17N3O. The second-order valence-corrected chi connectivity index (χ2v) is 5.11. The molecule has 0 spiro atoms. The lowest BCUT2D eigenvalue weighted by Crippen LogP contribution is -2.31. The summed E-state index contributed by atoms with van der Waals surface area (Å²) in [6.45, 7) is 1.41. The van der Waals surface area contributed by atoms with Crippen molar-refractivity contribution < 1.29 is 4.79 Å². The molecule has 0 bridgehead atoms. The van der Waals surface area contributed by atoms with Crippen LogP contribution in [0.2, 0.25) is 0 Å². The highest BCUT2D eigenvalue weighted by atomic mass is 16.2. The van der Waals surface area contributed by atoms with Crippen LogP contribution in [-0.2, 0) is 0 Å². The molecule has 0 saturated carbocycles. The van der Waals surface area contributed by atoms with Crippen LogP contribution in [0.15, 0.2) is 48.8 Å². The molecule has 0 radical (unpaired) electrons. The van der Waals surface area contributed by atoms with Crippen molar-refractivity contribution in [2.45, 2.75) is 12.5 Å². The highest BCUT2D eigenvalue weighted by Crippen LogP contribution is 2.20. The molecule has 1 fully saturated rings. The number of hydrogen-bond acceptors (Lipinski definition) is 3. The van der Waals surface area contributed by atoms with Gasteiger partial charge in [-0.2, -0.15) is 0 Å². The number of rotatable bonds is 2. The van der Waals surface area contributed by atoms with Crippen LogP contribution in [0.3, 0.4) is 0 Å². The van der Waals surface area contributed by atoms with Crippen molar-refractivity contribution in [2.24, 2.45) is 5.73 Å². The summed E-state index contributed by atoms with van der Waals surface area (Å²) in [5, 5.41) is 0. The number of carbonyl (C=O) groups excluding carboxylic acids is 1. The molecule has 1 aliphatic heterocycles. The first kappa shape index (κ1) is 12.8. The molecule has 2 aromatic rings. The summed E-state index contributed by atoms with van der Waals surface area (Å²) in [7, 11) is 0. The average Bonchev–Trinajstić information content (AvgIpc) is 2.94. The minimum Gasteiger partial charge on any atom is -0.337 e. The zero-order valence-electron chi connectivity index (χ0n) is 11.2. The molecule has 102 valence electrons. The van der Waals surface area contributed by atoms with Gasteiger partial charge in [0.1, 0.15) is 0 Å². The number of hydrogen-bond donors (Lipinski definition) is 1. The van der Waals surface area contributed by atoms with Crippen LogP contribution < -0.4 is 5.73 Å². The minimum atomic E-state index is 0.0687. The van der Waals surface area contributed by atoms with Crippen molar-refractivity contribution in [1.29, 1.82) is 0 Å². The highest BCUT2D eigenvalue weighted by molar-refractivity contribution is 5.95. The SMILES string of the molecule is N[C@H]1CCN(C(=O)c2ccc(-c3ccncc3)cc2)C1. The standard InChI is InChI=1S/C16H17N3O/c17-15-7-10-19(11-15)16(20)14-3-1-12(2-4-14)13-5-8-18-9-6-13/h1-6,8-9,15H,7,10-11,17H2/t15-/m0/s1. The molecule has 1 aliphatic rings. The number of benzene rings is 1. The van der Waals surface area contributed by atoms with E-state index in [1.807, 2.05) is 41.3 Å². The van der Waals surface area contributed by atoms with Crippen LogP contribution in [0, 0.1) is 0 Å². The average molecular weight is 267 g/mol. The van der Waals surface area contributed by atoms with Gasteiger partial charge in [0.25, 0.3) is 5.91 Å². The molecule has 0 unspecified atom stereocenters. The van der Waals surface area contributed by atoms with E-state index in [4.69, 9.17) is 5.73 Å². The monoisotopic (exact) mass is 267 g/mol. The first-order valence-corrected chi connectivity index (χ1v) is 6.79. The van der Waals surface area contributed by atoms with E-state index in [9.17, 15) is 4.79 Å². The molecule has 3 rings (SSSR count). The first-order chi connectivity index (χ1) is 9.74. The predicted molar refractivity (Wildman–Crippen MR) is 78.2 cm³/mol. The zero-order chi connectivity index (χ0) is 13.9. The number of aromatic nitrogens is 1. The van der Waals surface area contributed by atoms with Gasteiger partial charge in [-0.15, -0.1) is 0 Å². The Morgan fingerprint density at radius 1 is 1.10 bits per heavy atom. The summed E-state index contributed by atoms with van der Waals surface area (Å²) in [5.74, 6) is 0.0687. The molecule has 1 amide bonds. The molecule has 0 aliphatic carbocycles. The van der Waals surface area contributed by atoms with Crippen LogP contribution in [-0.4, -0.2) is 34.9 Å². The Hall–Kier alpha value is -2.20. The predicted octanol–water partition coefficient (Wildman–Crippen LogP) is 1.92. The van der Waals surface area contributed by atoms with Gasteiger partial charge in [-0.3, -0.25) is 9.78 Å². The third-order valence-corrected chi connectivity index (χ3v) is 3.66. The number of nitrogens with two attached hydrogens (primary N) is 1. The summed E-state index contributed by atoms with van der Waals surface area (Å²) in [6.07, 6.45) is 4.42. The van der Waals surface area contributed by atoms with Gasteiger partial charge in [-0.25, -0.2) is 0 Å². The number of amides is 1.